The number of nitrogen functional groups attached to an aromatic ring is 1. The number of hydrogen-bond donors (Lipinski definition) is 3. The number of imide groups is 2. The Bertz CT molecular complexity index is 2260. The SMILES string of the molecule is Nc1nnc(-c2ccccc2O)cc1-c1ccc(N2CCN(C3CCC(N4CCN(c5cc6c(cc5F)C(=O)N(C5CCC(=O)NC5=O)C6=O)CC4)CC3)CC2)cc1. The van der Waals surface area contributed by atoms with Gasteiger partial charge in [0, 0.05) is 87.7 Å². The molecule has 3 aromatic carbocycles. The summed E-state index contributed by atoms with van der Waals surface area (Å²) in [6, 6.07) is 19.8. The van der Waals surface area contributed by atoms with E-state index in [0.717, 1.165) is 87.0 Å². The maximum atomic E-state index is 15.5. The van der Waals surface area contributed by atoms with Gasteiger partial charge in [0.05, 0.1) is 22.5 Å². The molecule has 1 unspecified atom stereocenters. The summed E-state index contributed by atoms with van der Waals surface area (Å²) in [6.45, 7) is 6.67. The van der Waals surface area contributed by atoms with E-state index in [4.69, 9.17) is 5.73 Å². The van der Waals surface area contributed by atoms with Crippen LogP contribution in [0.4, 0.5) is 21.6 Å². The summed E-state index contributed by atoms with van der Waals surface area (Å²) < 4.78 is 15.5. The molecule has 3 saturated heterocycles. The fraction of sp³-hybridized carbons (Fsp3) is 0.395. The zero-order valence-electron chi connectivity index (χ0n) is 32.1. The molecule has 1 aromatic heterocycles. The Balaban J connectivity index is 0.752. The number of nitrogens with one attached hydrogen (secondary N) is 1. The van der Waals surface area contributed by atoms with E-state index in [2.05, 4.69) is 54.5 Å². The van der Waals surface area contributed by atoms with Crippen LogP contribution in [-0.2, 0) is 9.59 Å². The second-order valence-corrected chi connectivity index (χ2v) is 15.9. The number of nitrogens with two attached hydrogens (primary N) is 1. The summed E-state index contributed by atoms with van der Waals surface area (Å²) in [6.07, 6.45) is 4.60. The third-order valence-corrected chi connectivity index (χ3v) is 12.7. The molecule has 58 heavy (non-hydrogen) atoms. The van der Waals surface area contributed by atoms with Gasteiger partial charge in [-0.1, -0.05) is 24.3 Å². The number of carbonyl (C=O) groups is 4. The Morgan fingerprint density at radius 1 is 0.672 bits per heavy atom. The van der Waals surface area contributed by atoms with Crippen LogP contribution in [0.2, 0.25) is 0 Å². The highest BCUT2D eigenvalue weighted by molar-refractivity contribution is 6.23. The number of benzene rings is 3. The molecule has 4 amide bonds. The van der Waals surface area contributed by atoms with Gasteiger partial charge in [0.25, 0.3) is 11.8 Å². The Hall–Kier alpha value is -5.93. The quantitative estimate of drug-likeness (QED) is 0.232. The van der Waals surface area contributed by atoms with Gasteiger partial charge in [0.15, 0.2) is 5.82 Å². The molecular formula is C43H46FN9O5. The minimum atomic E-state index is -1.09. The molecule has 1 aliphatic carbocycles. The number of phenolic OH excluding ortho intramolecular Hbond substituents is 1. The van der Waals surface area contributed by atoms with Gasteiger partial charge in [-0.25, -0.2) is 4.39 Å². The summed E-state index contributed by atoms with van der Waals surface area (Å²) in [4.78, 5) is 61.0. The van der Waals surface area contributed by atoms with Crippen LogP contribution in [0.15, 0.2) is 66.7 Å². The average molecular weight is 788 g/mol. The first kappa shape index (κ1) is 37.6. The van der Waals surface area contributed by atoms with E-state index in [9.17, 15) is 24.3 Å². The number of fused-ring (bicyclic) bond motifs is 1. The van der Waals surface area contributed by atoms with Crippen molar-refractivity contribution in [2.75, 3.05) is 67.9 Å². The van der Waals surface area contributed by atoms with Crippen molar-refractivity contribution in [1.82, 2.24) is 30.2 Å². The Morgan fingerprint density at radius 2 is 1.28 bits per heavy atom. The highest BCUT2D eigenvalue weighted by Gasteiger charge is 2.45. The number of rotatable bonds is 7. The molecule has 300 valence electrons. The van der Waals surface area contributed by atoms with Crippen LogP contribution in [0.25, 0.3) is 22.4 Å². The van der Waals surface area contributed by atoms with Gasteiger partial charge in [-0.3, -0.25) is 39.2 Å². The van der Waals surface area contributed by atoms with Crippen molar-refractivity contribution < 1.29 is 28.7 Å². The maximum absolute atomic E-state index is 15.5. The number of hydrogen-bond acceptors (Lipinski definition) is 12. The number of aromatic hydroxyl groups is 1. The first-order chi connectivity index (χ1) is 28.1. The van der Waals surface area contributed by atoms with E-state index < -0.39 is 35.5 Å². The number of piperidine rings is 1. The summed E-state index contributed by atoms with van der Waals surface area (Å²) in [5.41, 5.74) is 10.6. The fourth-order valence-electron chi connectivity index (χ4n) is 9.49. The topological polar surface area (TPSA) is 169 Å². The van der Waals surface area contributed by atoms with E-state index in [1.165, 1.54) is 11.8 Å². The lowest BCUT2D eigenvalue weighted by Gasteiger charge is -2.46. The molecule has 1 atom stereocenters. The van der Waals surface area contributed by atoms with Crippen LogP contribution in [0.5, 0.6) is 5.75 Å². The molecule has 14 nitrogen and oxygen atoms in total. The van der Waals surface area contributed by atoms with Gasteiger partial charge in [0.1, 0.15) is 17.6 Å². The molecule has 9 rings (SSSR count). The van der Waals surface area contributed by atoms with Gasteiger partial charge >= 0.3 is 0 Å². The van der Waals surface area contributed by atoms with Crippen molar-refractivity contribution in [1.29, 1.82) is 0 Å². The Labute approximate surface area is 335 Å². The van der Waals surface area contributed by atoms with Crippen molar-refractivity contribution in [3.05, 3.63) is 83.7 Å². The number of aromatic nitrogens is 2. The smallest absolute Gasteiger partial charge is 0.262 e. The molecule has 4 N–H and O–H groups in total. The summed E-state index contributed by atoms with van der Waals surface area (Å²) in [5.74, 6) is -2.55. The molecule has 4 aliphatic heterocycles. The number of amides is 4. The Kier molecular flexibility index (Phi) is 10.0. The molecule has 15 heteroatoms. The highest BCUT2D eigenvalue weighted by Crippen LogP contribution is 2.36. The predicted molar refractivity (Wildman–Crippen MR) is 216 cm³/mol. The molecular weight excluding hydrogens is 742 g/mol. The first-order valence-electron chi connectivity index (χ1n) is 20.2. The predicted octanol–water partition coefficient (Wildman–Crippen LogP) is 3.89. The molecule has 4 aromatic rings. The van der Waals surface area contributed by atoms with Gasteiger partial charge in [-0.2, -0.15) is 0 Å². The van der Waals surface area contributed by atoms with Gasteiger partial charge < -0.3 is 20.6 Å². The number of phenols is 1. The van der Waals surface area contributed by atoms with Gasteiger partial charge in [0.2, 0.25) is 11.8 Å². The lowest BCUT2D eigenvalue weighted by Crippen LogP contribution is -2.54. The van der Waals surface area contributed by atoms with E-state index in [-0.39, 0.29) is 29.7 Å². The molecule has 0 spiro atoms. The number of nitrogens with zero attached hydrogens (tertiary/aromatic N) is 7. The Morgan fingerprint density at radius 3 is 1.90 bits per heavy atom. The van der Waals surface area contributed by atoms with Crippen molar-refractivity contribution in [2.45, 2.75) is 56.7 Å². The minimum absolute atomic E-state index is 0.0268. The molecule has 0 bridgehead atoms. The van der Waals surface area contributed by atoms with Gasteiger partial charge in [-0.05, 0) is 80.1 Å². The molecule has 5 heterocycles. The van der Waals surface area contributed by atoms with Crippen LogP contribution < -0.4 is 20.9 Å². The van der Waals surface area contributed by atoms with E-state index in [1.807, 2.05) is 17.0 Å². The molecule has 0 radical (unpaired) electrons. The van der Waals surface area contributed by atoms with Crippen LogP contribution >= 0.6 is 0 Å². The standard InChI is InChI=1S/C43H46FN9O5/c44-34-23-32-33(43(58)53(42(32)57)36-13-14-39(55)46-41(36)56)25-37(34)52-21-19-51(20-22-52)29-11-9-28(10-12-29)50-17-15-49(16-18-50)27-7-5-26(6-8-27)31-24-35(47-48-40(31)45)30-3-1-2-4-38(30)54/h1-8,23-25,28-29,36,54H,9-22H2,(H2,45,48)(H,46,55,56). The van der Waals surface area contributed by atoms with Crippen LogP contribution in [0.1, 0.15) is 59.2 Å². The number of anilines is 3. The summed E-state index contributed by atoms with van der Waals surface area (Å²) in [7, 11) is 0. The number of para-hydroxylation sites is 1. The third kappa shape index (κ3) is 7.02. The van der Waals surface area contributed by atoms with Crippen LogP contribution in [0, 0.1) is 5.82 Å². The van der Waals surface area contributed by atoms with Crippen molar-refractivity contribution in [3.63, 3.8) is 0 Å². The van der Waals surface area contributed by atoms with Crippen molar-refractivity contribution in [2.24, 2.45) is 0 Å². The zero-order valence-corrected chi connectivity index (χ0v) is 32.1. The molecule has 4 fully saturated rings. The monoisotopic (exact) mass is 787 g/mol. The summed E-state index contributed by atoms with van der Waals surface area (Å²) >= 11 is 0. The number of halogens is 1. The number of carbonyl (C=O) groups excluding carboxylic acids is 4. The second-order valence-electron chi connectivity index (χ2n) is 15.9. The number of piperazine rings is 2. The maximum Gasteiger partial charge on any atom is 0.262 e. The highest BCUT2D eigenvalue weighted by atomic mass is 19.1. The average Bonchev–Trinajstić information content (AvgIpc) is 3.48. The molecule has 1 saturated carbocycles. The second kappa shape index (κ2) is 15.4. The fourth-order valence-corrected chi connectivity index (χ4v) is 9.49. The lowest BCUT2D eigenvalue weighted by atomic mass is 9.88. The minimum Gasteiger partial charge on any atom is -0.507 e. The summed E-state index contributed by atoms with van der Waals surface area (Å²) in [5, 5.41) is 20.9. The van der Waals surface area contributed by atoms with Crippen molar-refractivity contribution in [3.8, 4) is 28.1 Å². The van der Waals surface area contributed by atoms with E-state index in [0.29, 0.717) is 47.9 Å². The van der Waals surface area contributed by atoms with Crippen LogP contribution in [0.3, 0.4) is 0 Å². The van der Waals surface area contributed by atoms with Gasteiger partial charge in [-0.15, -0.1) is 10.2 Å². The lowest BCUT2D eigenvalue weighted by molar-refractivity contribution is -0.136. The largest absolute Gasteiger partial charge is 0.507 e. The zero-order chi connectivity index (χ0) is 40.1. The third-order valence-electron chi connectivity index (χ3n) is 12.7. The van der Waals surface area contributed by atoms with E-state index >= 15 is 4.39 Å². The van der Waals surface area contributed by atoms with E-state index in [1.54, 1.807) is 18.2 Å². The molecule has 5 aliphatic rings. The van der Waals surface area contributed by atoms with Crippen molar-refractivity contribution >= 4 is 40.8 Å². The van der Waals surface area contributed by atoms with Crippen LogP contribution in [-0.4, -0.2) is 124 Å². The first-order valence-corrected chi connectivity index (χ1v) is 20.2. The normalized spacial score (nSPS) is 23.3.